The number of ether oxygens (including phenoxy) is 1. The zero-order valence-corrected chi connectivity index (χ0v) is 12.6. The predicted octanol–water partition coefficient (Wildman–Crippen LogP) is 3.62. The van der Waals surface area contributed by atoms with Gasteiger partial charge in [-0.1, -0.05) is 18.2 Å². The fourth-order valence-electron chi connectivity index (χ4n) is 3.12. The average Bonchev–Trinajstić information content (AvgIpc) is 2.89. The molecule has 0 radical (unpaired) electrons. The summed E-state index contributed by atoms with van der Waals surface area (Å²) in [6.07, 6.45) is 2.23. The lowest BCUT2D eigenvalue weighted by molar-refractivity contribution is 0.411. The van der Waals surface area contributed by atoms with Crippen molar-refractivity contribution in [1.82, 2.24) is 5.32 Å². The van der Waals surface area contributed by atoms with Gasteiger partial charge in [-0.3, -0.25) is 0 Å². The van der Waals surface area contributed by atoms with Gasteiger partial charge in [-0.15, -0.1) is 0 Å². The first kappa shape index (κ1) is 14.0. The highest BCUT2D eigenvalue weighted by atomic mass is 16.5. The van der Waals surface area contributed by atoms with Gasteiger partial charge in [-0.25, -0.2) is 0 Å². The minimum absolute atomic E-state index is 0.286. The maximum absolute atomic E-state index is 5.87. The Labute approximate surface area is 126 Å². The van der Waals surface area contributed by atoms with E-state index in [4.69, 9.17) is 10.5 Å². The van der Waals surface area contributed by atoms with Gasteiger partial charge in [-0.2, -0.15) is 0 Å². The van der Waals surface area contributed by atoms with E-state index in [2.05, 4.69) is 36.5 Å². The molecule has 0 bridgehead atoms. The molecule has 3 N–H and O–H groups in total. The molecule has 3 heteroatoms. The first-order chi connectivity index (χ1) is 10.2. The Morgan fingerprint density at radius 2 is 2.10 bits per heavy atom. The Morgan fingerprint density at radius 3 is 2.90 bits per heavy atom. The number of hydrogen-bond donors (Lipinski definition) is 2. The molecule has 0 saturated carbocycles. The largest absolute Gasteiger partial charge is 0.497 e. The van der Waals surface area contributed by atoms with E-state index in [0.29, 0.717) is 6.04 Å². The SMILES string of the molecule is COc1cccc([C@@H](C)NC2CCc3cc(N)ccc32)c1. The summed E-state index contributed by atoms with van der Waals surface area (Å²) >= 11 is 0. The van der Waals surface area contributed by atoms with Crippen LogP contribution in [0.1, 0.15) is 42.1 Å². The molecule has 0 fully saturated rings. The highest BCUT2D eigenvalue weighted by Crippen LogP contribution is 2.34. The number of anilines is 1. The van der Waals surface area contributed by atoms with Crippen LogP contribution in [0.15, 0.2) is 42.5 Å². The van der Waals surface area contributed by atoms with E-state index in [1.165, 1.54) is 16.7 Å². The summed E-state index contributed by atoms with van der Waals surface area (Å²) < 4.78 is 5.30. The molecule has 0 heterocycles. The van der Waals surface area contributed by atoms with E-state index in [1.807, 2.05) is 18.2 Å². The van der Waals surface area contributed by atoms with Crippen molar-refractivity contribution in [3.05, 3.63) is 59.2 Å². The third-order valence-corrected chi connectivity index (χ3v) is 4.29. The van der Waals surface area contributed by atoms with E-state index in [9.17, 15) is 0 Å². The Hall–Kier alpha value is -2.00. The predicted molar refractivity (Wildman–Crippen MR) is 86.5 cm³/mol. The summed E-state index contributed by atoms with van der Waals surface area (Å²) in [5, 5.41) is 3.73. The second kappa shape index (κ2) is 5.78. The summed E-state index contributed by atoms with van der Waals surface area (Å²) in [6, 6.07) is 15.2. The Balaban J connectivity index is 1.76. The van der Waals surface area contributed by atoms with Crippen molar-refractivity contribution in [2.75, 3.05) is 12.8 Å². The number of nitrogens with two attached hydrogens (primary N) is 1. The maximum Gasteiger partial charge on any atom is 0.119 e. The molecule has 110 valence electrons. The van der Waals surface area contributed by atoms with Crippen LogP contribution < -0.4 is 15.8 Å². The second-order valence-corrected chi connectivity index (χ2v) is 5.71. The molecule has 0 aromatic heterocycles. The minimum atomic E-state index is 0.286. The van der Waals surface area contributed by atoms with Crippen molar-refractivity contribution in [3.8, 4) is 5.75 Å². The van der Waals surface area contributed by atoms with Crippen LogP contribution in [-0.4, -0.2) is 7.11 Å². The van der Waals surface area contributed by atoms with Crippen molar-refractivity contribution in [3.63, 3.8) is 0 Å². The number of aryl methyl sites for hydroxylation is 1. The molecule has 2 aromatic carbocycles. The highest BCUT2D eigenvalue weighted by Gasteiger charge is 2.24. The Morgan fingerprint density at radius 1 is 1.24 bits per heavy atom. The van der Waals surface area contributed by atoms with E-state index < -0.39 is 0 Å². The third kappa shape index (κ3) is 2.88. The van der Waals surface area contributed by atoms with Gasteiger partial charge in [0.2, 0.25) is 0 Å². The van der Waals surface area contributed by atoms with E-state index >= 15 is 0 Å². The van der Waals surface area contributed by atoms with Gasteiger partial charge >= 0.3 is 0 Å². The summed E-state index contributed by atoms with van der Waals surface area (Å²) in [7, 11) is 1.70. The molecule has 2 aromatic rings. The van der Waals surface area contributed by atoms with Crippen LogP contribution in [0.3, 0.4) is 0 Å². The molecule has 0 amide bonds. The summed E-state index contributed by atoms with van der Waals surface area (Å²) in [5.74, 6) is 0.903. The number of methoxy groups -OCH3 is 1. The summed E-state index contributed by atoms with van der Waals surface area (Å²) in [6.45, 7) is 2.20. The fourth-order valence-corrected chi connectivity index (χ4v) is 3.12. The van der Waals surface area contributed by atoms with Gasteiger partial charge in [-0.05, 0) is 60.7 Å². The lowest BCUT2D eigenvalue weighted by Crippen LogP contribution is -2.23. The highest BCUT2D eigenvalue weighted by molar-refractivity contribution is 5.47. The van der Waals surface area contributed by atoms with Gasteiger partial charge in [0, 0.05) is 17.8 Å². The molecule has 0 spiro atoms. The molecule has 3 rings (SSSR count). The fraction of sp³-hybridized carbons (Fsp3) is 0.333. The number of rotatable bonds is 4. The molecule has 1 unspecified atom stereocenters. The van der Waals surface area contributed by atoms with Gasteiger partial charge in [0.1, 0.15) is 5.75 Å². The quantitative estimate of drug-likeness (QED) is 0.842. The molecule has 21 heavy (non-hydrogen) atoms. The Kier molecular flexibility index (Phi) is 3.84. The van der Waals surface area contributed by atoms with Crippen molar-refractivity contribution >= 4 is 5.69 Å². The van der Waals surface area contributed by atoms with E-state index in [1.54, 1.807) is 7.11 Å². The maximum atomic E-state index is 5.87. The molecular weight excluding hydrogens is 260 g/mol. The standard InChI is InChI=1S/C18H22N2O/c1-12(13-4-3-5-16(11-13)21-2)20-18-9-6-14-10-15(19)7-8-17(14)18/h3-5,7-8,10-12,18,20H,6,9,19H2,1-2H3/t12-,18?/m1/s1. The number of nitrogens with one attached hydrogen (secondary N) is 1. The van der Waals surface area contributed by atoms with Crippen LogP contribution in [0.5, 0.6) is 5.75 Å². The van der Waals surface area contributed by atoms with Crippen molar-refractivity contribution in [2.45, 2.75) is 31.8 Å². The molecule has 1 aliphatic carbocycles. The van der Waals surface area contributed by atoms with Crippen LogP contribution in [0, 0.1) is 0 Å². The van der Waals surface area contributed by atoms with Crippen molar-refractivity contribution < 1.29 is 4.74 Å². The number of nitrogen functional groups attached to an aromatic ring is 1. The molecule has 0 aliphatic heterocycles. The first-order valence-corrected chi connectivity index (χ1v) is 7.45. The molecule has 3 nitrogen and oxygen atoms in total. The monoisotopic (exact) mass is 282 g/mol. The van der Waals surface area contributed by atoms with Crippen LogP contribution >= 0.6 is 0 Å². The smallest absolute Gasteiger partial charge is 0.119 e. The van der Waals surface area contributed by atoms with Gasteiger partial charge in [0.05, 0.1) is 7.11 Å². The van der Waals surface area contributed by atoms with Gasteiger partial charge in [0.15, 0.2) is 0 Å². The van der Waals surface area contributed by atoms with Crippen LogP contribution in [0.25, 0.3) is 0 Å². The third-order valence-electron chi connectivity index (χ3n) is 4.29. The van der Waals surface area contributed by atoms with Crippen molar-refractivity contribution in [2.24, 2.45) is 0 Å². The topological polar surface area (TPSA) is 47.3 Å². The van der Waals surface area contributed by atoms with Crippen molar-refractivity contribution in [1.29, 1.82) is 0 Å². The number of hydrogen-bond acceptors (Lipinski definition) is 3. The lowest BCUT2D eigenvalue weighted by atomic mass is 10.0. The first-order valence-electron chi connectivity index (χ1n) is 7.45. The second-order valence-electron chi connectivity index (χ2n) is 5.71. The average molecular weight is 282 g/mol. The molecule has 0 saturated heterocycles. The molecule has 2 atom stereocenters. The normalized spacial score (nSPS) is 18.3. The van der Waals surface area contributed by atoms with Crippen LogP contribution in [0.4, 0.5) is 5.69 Å². The molecular formula is C18H22N2O. The minimum Gasteiger partial charge on any atom is -0.497 e. The van der Waals surface area contributed by atoms with Gasteiger partial charge < -0.3 is 15.8 Å². The summed E-state index contributed by atoms with van der Waals surface area (Å²) in [5.41, 5.74) is 10.7. The zero-order valence-electron chi connectivity index (χ0n) is 12.6. The number of fused-ring (bicyclic) bond motifs is 1. The van der Waals surface area contributed by atoms with Gasteiger partial charge in [0.25, 0.3) is 0 Å². The van der Waals surface area contributed by atoms with Crippen LogP contribution in [-0.2, 0) is 6.42 Å². The van der Waals surface area contributed by atoms with Crippen LogP contribution in [0.2, 0.25) is 0 Å². The number of benzene rings is 2. The summed E-state index contributed by atoms with van der Waals surface area (Å²) in [4.78, 5) is 0. The molecule has 1 aliphatic rings. The Bertz CT molecular complexity index is 639. The van der Waals surface area contributed by atoms with E-state index in [-0.39, 0.29) is 6.04 Å². The zero-order chi connectivity index (χ0) is 14.8. The van der Waals surface area contributed by atoms with E-state index in [0.717, 1.165) is 24.3 Å². The lowest BCUT2D eigenvalue weighted by Gasteiger charge is -2.21.